The van der Waals surface area contributed by atoms with Crippen LogP contribution in [-0.4, -0.2) is 17.0 Å². The Labute approximate surface area is 118 Å². The van der Waals surface area contributed by atoms with Gasteiger partial charge in [-0.25, -0.2) is 4.98 Å². The molecule has 20 heavy (non-hydrogen) atoms. The van der Waals surface area contributed by atoms with Crippen molar-refractivity contribution in [1.82, 2.24) is 9.97 Å². The number of aromatic nitrogens is 2. The first-order valence-electron chi connectivity index (χ1n) is 5.56. The predicted molar refractivity (Wildman–Crippen MR) is 71.3 cm³/mol. The van der Waals surface area contributed by atoms with Crippen molar-refractivity contribution >= 4 is 29.1 Å². The van der Waals surface area contributed by atoms with Crippen molar-refractivity contribution in [3.8, 4) is 0 Å². The zero-order valence-electron chi connectivity index (χ0n) is 10.3. The van der Waals surface area contributed by atoms with E-state index < -0.39 is 22.7 Å². The van der Waals surface area contributed by atoms with Gasteiger partial charge in [0.2, 0.25) is 5.95 Å². The van der Waals surface area contributed by atoms with Gasteiger partial charge in [-0.05, 0) is 12.1 Å². The lowest BCUT2D eigenvalue weighted by Gasteiger charge is -2.15. The van der Waals surface area contributed by atoms with Crippen LogP contribution in [0.15, 0.2) is 30.3 Å². The molecule has 0 aliphatic carbocycles. The van der Waals surface area contributed by atoms with Crippen molar-refractivity contribution in [2.45, 2.75) is 6.18 Å². The molecule has 0 aliphatic heterocycles. The average Bonchev–Trinajstić information content (AvgIpc) is 2.37. The largest absolute Gasteiger partial charge is 0.422 e. The van der Waals surface area contributed by atoms with Gasteiger partial charge < -0.3 is 10.6 Å². The van der Waals surface area contributed by atoms with E-state index in [0.29, 0.717) is 5.69 Å². The Morgan fingerprint density at radius 1 is 1.10 bits per heavy atom. The molecule has 1 heterocycles. The quantitative estimate of drug-likeness (QED) is 0.843. The Balaban J connectivity index is 2.51. The van der Waals surface area contributed by atoms with Crippen LogP contribution >= 0.6 is 11.6 Å². The van der Waals surface area contributed by atoms with Crippen molar-refractivity contribution in [1.29, 1.82) is 0 Å². The highest BCUT2D eigenvalue weighted by atomic mass is 35.5. The maximum absolute atomic E-state index is 13.0. The summed E-state index contributed by atoms with van der Waals surface area (Å²) >= 11 is 5.61. The lowest BCUT2D eigenvalue weighted by atomic mass is 10.2. The summed E-state index contributed by atoms with van der Waals surface area (Å²) < 4.78 is 39.1. The third-order valence-corrected chi connectivity index (χ3v) is 2.68. The fourth-order valence-electron chi connectivity index (χ4n) is 1.55. The van der Waals surface area contributed by atoms with Gasteiger partial charge in [0.1, 0.15) is 16.5 Å². The topological polar surface area (TPSA) is 49.8 Å². The summed E-state index contributed by atoms with van der Waals surface area (Å²) in [6.07, 6.45) is -4.65. The molecule has 0 saturated carbocycles. The van der Waals surface area contributed by atoms with E-state index in [0.717, 1.165) is 0 Å². The number of hydrogen-bond donors (Lipinski definition) is 2. The lowest BCUT2D eigenvalue weighted by molar-refractivity contribution is -0.137. The van der Waals surface area contributed by atoms with Crippen LogP contribution in [0.25, 0.3) is 0 Å². The summed E-state index contributed by atoms with van der Waals surface area (Å²) in [5.41, 5.74) is -0.628. The molecule has 0 bridgehead atoms. The van der Waals surface area contributed by atoms with E-state index in [1.165, 1.54) is 7.05 Å². The molecular weight excluding hydrogens is 293 g/mol. The van der Waals surface area contributed by atoms with Gasteiger partial charge in [-0.15, -0.1) is 0 Å². The van der Waals surface area contributed by atoms with Crippen LogP contribution in [0.2, 0.25) is 5.15 Å². The Morgan fingerprint density at radius 2 is 1.75 bits per heavy atom. The number of anilines is 3. The van der Waals surface area contributed by atoms with Crippen LogP contribution in [0.3, 0.4) is 0 Å². The lowest BCUT2D eigenvalue weighted by Crippen LogP contribution is -2.14. The van der Waals surface area contributed by atoms with E-state index >= 15 is 0 Å². The molecular formula is C12H10ClF3N4. The zero-order valence-corrected chi connectivity index (χ0v) is 11.0. The number of benzene rings is 1. The van der Waals surface area contributed by atoms with E-state index in [9.17, 15) is 13.2 Å². The Morgan fingerprint density at radius 3 is 2.30 bits per heavy atom. The first-order valence-corrected chi connectivity index (χ1v) is 5.94. The predicted octanol–water partition coefficient (Wildman–Crippen LogP) is 3.93. The SMILES string of the molecule is CNc1nc(Cl)c(C(F)(F)F)c(Nc2ccccc2)n1. The molecule has 2 rings (SSSR count). The Kier molecular flexibility index (Phi) is 3.99. The molecule has 2 aromatic rings. The molecule has 8 heteroatoms. The molecule has 1 aromatic heterocycles. The van der Waals surface area contributed by atoms with Gasteiger partial charge in [0.15, 0.2) is 0 Å². The highest BCUT2D eigenvalue weighted by Gasteiger charge is 2.38. The molecule has 106 valence electrons. The van der Waals surface area contributed by atoms with E-state index in [2.05, 4.69) is 20.6 Å². The fraction of sp³-hybridized carbons (Fsp3) is 0.167. The number of nitrogens with zero attached hydrogens (tertiary/aromatic N) is 2. The third kappa shape index (κ3) is 3.11. The first-order chi connectivity index (χ1) is 9.41. The monoisotopic (exact) mass is 302 g/mol. The summed E-state index contributed by atoms with van der Waals surface area (Å²) in [6.45, 7) is 0. The minimum atomic E-state index is -4.65. The summed E-state index contributed by atoms with van der Waals surface area (Å²) in [5.74, 6) is -0.394. The molecule has 0 unspecified atom stereocenters. The standard InChI is InChI=1S/C12H10ClF3N4/c1-17-11-19-9(13)8(12(14,15)16)10(20-11)18-7-5-3-2-4-6-7/h2-6H,1H3,(H2,17,18,19,20). The number of halogens is 4. The molecule has 0 fully saturated rings. The van der Waals surface area contributed by atoms with Gasteiger partial charge in [0, 0.05) is 12.7 Å². The van der Waals surface area contributed by atoms with Gasteiger partial charge in [-0.2, -0.15) is 18.2 Å². The molecule has 0 aliphatic rings. The molecule has 1 aromatic carbocycles. The number of hydrogen-bond acceptors (Lipinski definition) is 4. The van der Waals surface area contributed by atoms with Crippen molar-refractivity contribution in [2.75, 3.05) is 17.7 Å². The van der Waals surface area contributed by atoms with Gasteiger partial charge >= 0.3 is 6.18 Å². The normalized spacial score (nSPS) is 11.2. The number of rotatable bonds is 3. The molecule has 0 radical (unpaired) electrons. The highest BCUT2D eigenvalue weighted by Crippen LogP contribution is 2.39. The zero-order chi connectivity index (χ0) is 14.8. The second-order valence-electron chi connectivity index (χ2n) is 3.80. The summed E-state index contributed by atoms with van der Waals surface area (Å²) in [7, 11) is 1.49. The third-order valence-electron chi connectivity index (χ3n) is 2.41. The molecule has 0 atom stereocenters. The van der Waals surface area contributed by atoms with Crippen LogP contribution in [0, 0.1) is 0 Å². The molecule has 2 N–H and O–H groups in total. The minimum absolute atomic E-state index is 0.00133. The van der Waals surface area contributed by atoms with Crippen LogP contribution < -0.4 is 10.6 Å². The second kappa shape index (κ2) is 5.54. The summed E-state index contributed by atoms with van der Waals surface area (Å²) in [6, 6.07) is 8.38. The number of alkyl halides is 3. The van der Waals surface area contributed by atoms with Crippen LogP contribution in [0.5, 0.6) is 0 Å². The van der Waals surface area contributed by atoms with Crippen molar-refractivity contribution in [2.24, 2.45) is 0 Å². The summed E-state index contributed by atoms with van der Waals surface area (Å²) in [5, 5.41) is 4.50. The fourth-order valence-corrected chi connectivity index (χ4v) is 1.82. The van der Waals surface area contributed by atoms with Crippen molar-refractivity contribution < 1.29 is 13.2 Å². The number of para-hydroxylation sites is 1. The van der Waals surface area contributed by atoms with Gasteiger partial charge in [0.25, 0.3) is 0 Å². The smallest absolute Gasteiger partial charge is 0.357 e. The second-order valence-corrected chi connectivity index (χ2v) is 4.16. The van der Waals surface area contributed by atoms with E-state index in [-0.39, 0.29) is 5.95 Å². The molecule has 0 spiro atoms. The first kappa shape index (κ1) is 14.4. The molecule has 4 nitrogen and oxygen atoms in total. The minimum Gasteiger partial charge on any atom is -0.357 e. The average molecular weight is 303 g/mol. The van der Waals surface area contributed by atoms with Crippen molar-refractivity contribution in [3.63, 3.8) is 0 Å². The maximum Gasteiger partial charge on any atom is 0.422 e. The Hall–Kier alpha value is -2.02. The van der Waals surface area contributed by atoms with E-state index in [1.807, 2.05) is 0 Å². The van der Waals surface area contributed by atoms with Crippen LogP contribution in [-0.2, 0) is 6.18 Å². The summed E-state index contributed by atoms with van der Waals surface area (Å²) in [4.78, 5) is 7.32. The number of nitrogens with one attached hydrogen (secondary N) is 2. The van der Waals surface area contributed by atoms with E-state index in [4.69, 9.17) is 11.6 Å². The molecule has 0 saturated heterocycles. The van der Waals surface area contributed by atoms with Crippen LogP contribution in [0.1, 0.15) is 5.56 Å². The molecule has 0 amide bonds. The maximum atomic E-state index is 13.0. The van der Waals surface area contributed by atoms with Gasteiger partial charge in [0.05, 0.1) is 0 Å². The van der Waals surface area contributed by atoms with Gasteiger partial charge in [-0.1, -0.05) is 29.8 Å². The van der Waals surface area contributed by atoms with Crippen molar-refractivity contribution in [3.05, 3.63) is 41.0 Å². The highest BCUT2D eigenvalue weighted by molar-refractivity contribution is 6.30. The van der Waals surface area contributed by atoms with E-state index in [1.54, 1.807) is 30.3 Å². The van der Waals surface area contributed by atoms with Crippen LogP contribution in [0.4, 0.5) is 30.6 Å². The Bertz CT molecular complexity index is 602. The van der Waals surface area contributed by atoms with Gasteiger partial charge in [-0.3, -0.25) is 0 Å².